The molecule has 0 aliphatic carbocycles. The number of guanidine groups is 1. The number of aromatic nitrogens is 2. The van der Waals surface area contributed by atoms with Crippen molar-refractivity contribution in [2.45, 2.75) is 33.4 Å². The van der Waals surface area contributed by atoms with Gasteiger partial charge in [0.05, 0.1) is 32.0 Å². The Kier molecular flexibility index (Phi) is 9.56. The largest absolute Gasteiger partial charge is 0.493 e. The smallest absolute Gasteiger partial charge is 0.191 e. The molecule has 2 aromatic rings. The maximum absolute atomic E-state index is 6.11. The second kappa shape index (κ2) is 11.9. The molecular weight excluding hydrogens is 469 g/mol. The molecule has 1 atom stereocenters. The molecule has 1 fully saturated rings. The topological polar surface area (TPSA) is 83.6 Å². The van der Waals surface area contributed by atoms with Gasteiger partial charge in [-0.3, -0.25) is 5.10 Å². The van der Waals surface area contributed by atoms with E-state index in [9.17, 15) is 0 Å². The summed E-state index contributed by atoms with van der Waals surface area (Å²) in [6, 6.07) is 8.22. The number of ether oxygens (including phenoxy) is 2. The van der Waals surface area contributed by atoms with Crippen molar-refractivity contribution >= 4 is 29.9 Å². The van der Waals surface area contributed by atoms with Crippen LogP contribution in [0.3, 0.4) is 0 Å². The third-order valence-electron chi connectivity index (χ3n) is 4.48. The Morgan fingerprint density at radius 2 is 2.25 bits per heavy atom. The lowest BCUT2D eigenvalue weighted by atomic mass is 10.1. The lowest BCUT2D eigenvalue weighted by molar-refractivity contribution is 0.166. The number of hydrogen-bond acceptors (Lipinski definition) is 4. The zero-order valence-electron chi connectivity index (χ0n) is 16.5. The molecule has 1 aliphatic heterocycles. The fourth-order valence-electron chi connectivity index (χ4n) is 2.92. The number of aliphatic imine (C=N–C) groups is 1. The molecule has 1 unspecified atom stereocenters. The number of benzene rings is 1. The van der Waals surface area contributed by atoms with Crippen LogP contribution >= 0.6 is 24.0 Å². The van der Waals surface area contributed by atoms with E-state index in [1.54, 1.807) is 6.20 Å². The Morgan fingerprint density at radius 1 is 1.36 bits per heavy atom. The SMILES string of the molecule is CCNC(=NCc1ccc(C)cc1OCC1CCOC1)NCc1ccn[nH]1.I. The number of halogens is 1. The number of H-pyrrole nitrogens is 1. The van der Waals surface area contributed by atoms with Crippen LogP contribution in [0.1, 0.15) is 30.2 Å². The number of nitrogens with zero attached hydrogens (tertiary/aromatic N) is 2. The summed E-state index contributed by atoms with van der Waals surface area (Å²) in [5, 5.41) is 13.5. The van der Waals surface area contributed by atoms with Crippen LogP contribution in [-0.4, -0.2) is 42.5 Å². The number of rotatable bonds is 8. The van der Waals surface area contributed by atoms with Crippen molar-refractivity contribution in [1.29, 1.82) is 0 Å². The molecule has 3 N–H and O–H groups in total. The van der Waals surface area contributed by atoms with Crippen molar-refractivity contribution in [3.63, 3.8) is 0 Å². The average Bonchev–Trinajstić information content (AvgIpc) is 3.37. The molecule has 8 heteroatoms. The van der Waals surface area contributed by atoms with Crippen LogP contribution in [0.2, 0.25) is 0 Å². The molecule has 2 heterocycles. The second-order valence-electron chi connectivity index (χ2n) is 6.78. The van der Waals surface area contributed by atoms with Crippen molar-refractivity contribution in [2.24, 2.45) is 10.9 Å². The van der Waals surface area contributed by atoms with Crippen molar-refractivity contribution in [1.82, 2.24) is 20.8 Å². The molecule has 3 rings (SSSR count). The van der Waals surface area contributed by atoms with Gasteiger partial charge in [0.1, 0.15) is 5.75 Å². The van der Waals surface area contributed by atoms with Crippen LogP contribution in [0.5, 0.6) is 5.75 Å². The zero-order valence-corrected chi connectivity index (χ0v) is 18.9. The van der Waals surface area contributed by atoms with Gasteiger partial charge < -0.3 is 20.1 Å². The first-order valence-corrected chi connectivity index (χ1v) is 9.55. The van der Waals surface area contributed by atoms with E-state index in [2.05, 4.69) is 52.9 Å². The maximum Gasteiger partial charge on any atom is 0.191 e. The van der Waals surface area contributed by atoms with E-state index in [0.717, 1.165) is 49.1 Å². The van der Waals surface area contributed by atoms with Crippen LogP contribution < -0.4 is 15.4 Å². The minimum Gasteiger partial charge on any atom is -0.493 e. The van der Waals surface area contributed by atoms with Crippen LogP contribution in [0.4, 0.5) is 0 Å². The summed E-state index contributed by atoms with van der Waals surface area (Å²) in [5.74, 6) is 2.16. The molecule has 0 spiro atoms. The summed E-state index contributed by atoms with van der Waals surface area (Å²) in [7, 11) is 0. The van der Waals surface area contributed by atoms with Gasteiger partial charge in [-0.25, -0.2) is 4.99 Å². The van der Waals surface area contributed by atoms with Gasteiger partial charge in [0.2, 0.25) is 0 Å². The summed E-state index contributed by atoms with van der Waals surface area (Å²) in [6.07, 6.45) is 2.81. The van der Waals surface area contributed by atoms with Gasteiger partial charge in [0.25, 0.3) is 0 Å². The van der Waals surface area contributed by atoms with E-state index in [4.69, 9.17) is 14.5 Å². The Balaban J connectivity index is 0.00000280. The molecule has 0 saturated carbocycles. The normalized spacial score (nSPS) is 16.5. The van der Waals surface area contributed by atoms with Gasteiger partial charge in [-0.05, 0) is 38.0 Å². The molecule has 7 nitrogen and oxygen atoms in total. The fraction of sp³-hybridized carbons (Fsp3) is 0.500. The predicted octanol–water partition coefficient (Wildman–Crippen LogP) is 3.01. The van der Waals surface area contributed by atoms with E-state index < -0.39 is 0 Å². The summed E-state index contributed by atoms with van der Waals surface area (Å²) in [6.45, 7) is 8.45. The highest BCUT2D eigenvalue weighted by Crippen LogP contribution is 2.23. The highest BCUT2D eigenvalue weighted by atomic mass is 127. The Morgan fingerprint density at radius 3 is 2.96 bits per heavy atom. The Bertz CT molecular complexity index is 730. The molecule has 1 saturated heterocycles. The molecule has 154 valence electrons. The summed E-state index contributed by atoms with van der Waals surface area (Å²) in [5.41, 5.74) is 3.28. The highest BCUT2D eigenvalue weighted by Gasteiger charge is 2.17. The first-order chi connectivity index (χ1) is 13.2. The molecule has 1 aromatic heterocycles. The average molecular weight is 499 g/mol. The van der Waals surface area contributed by atoms with E-state index in [-0.39, 0.29) is 24.0 Å². The lowest BCUT2D eigenvalue weighted by Gasteiger charge is -2.15. The van der Waals surface area contributed by atoms with E-state index in [1.807, 2.05) is 6.07 Å². The molecule has 0 bridgehead atoms. The molecule has 28 heavy (non-hydrogen) atoms. The fourth-order valence-corrected chi connectivity index (χ4v) is 2.92. The van der Waals surface area contributed by atoms with Crippen LogP contribution in [-0.2, 0) is 17.8 Å². The minimum atomic E-state index is 0. The number of hydrogen-bond donors (Lipinski definition) is 3. The van der Waals surface area contributed by atoms with Crippen molar-refractivity contribution in [3.8, 4) is 5.75 Å². The number of aryl methyl sites for hydroxylation is 1. The quantitative estimate of drug-likeness (QED) is 0.296. The number of aromatic amines is 1. The van der Waals surface area contributed by atoms with Gasteiger partial charge in [-0.15, -0.1) is 24.0 Å². The molecular formula is C20H30IN5O2. The first-order valence-electron chi connectivity index (χ1n) is 9.55. The molecule has 1 aromatic carbocycles. The van der Waals surface area contributed by atoms with Crippen molar-refractivity contribution in [3.05, 3.63) is 47.3 Å². The summed E-state index contributed by atoms with van der Waals surface area (Å²) >= 11 is 0. The Hall–Kier alpha value is -1.81. The van der Waals surface area contributed by atoms with Crippen molar-refractivity contribution < 1.29 is 9.47 Å². The minimum absolute atomic E-state index is 0. The maximum atomic E-state index is 6.11. The van der Waals surface area contributed by atoms with E-state index in [0.29, 0.717) is 25.6 Å². The lowest BCUT2D eigenvalue weighted by Crippen LogP contribution is -2.36. The summed E-state index contributed by atoms with van der Waals surface area (Å²) < 4.78 is 11.5. The monoisotopic (exact) mass is 499 g/mol. The van der Waals surface area contributed by atoms with Gasteiger partial charge in [0.15, 0.2) is 5.96 Å². The Labute approximate surface area is 183 Å². The first kappa shape index (κ1) is 22.5. The van der Waals surface area contributed by atoms with Gasteiger partial charge in [-0.1, -0.05) is 12.1 Å². The van der Waals surface area contributed by atoms with Gasteiger partial charge in [-0.2, -0.15) is 5.10 Å². The second-order valence-corrected chi connectivity index (χ2v) is 6.78. The highest BCUT2D eigenvalue weighted by molar-refractivity contribution is 14.0. The van der Waals surface area contributed by atoms with Crippen molar-refractivity contribution in [2.75, 3.05) is 26.4 Å². The van der Waals surface area contributed by atoms with Crippen LogP contribution in [0.25, 0.3) is 0 Å². The van der Waals surface area contributed by atoms with E-state index in [1.165, 1.54) is 5.56 Å². The third-order valence-corrected chi connectivity index (χ3v) is 4.48. The van der Waals surface area contributed by atoms with Gasteiger partial charge in [0, 0.05) is 30.8 Å². The summed E-state index contributed by atoms with van der Waals surface area (Å²) in [4.78, 5) is 4.71. The predicted molar refractivity (Wildman–Crippen MR) is 121 cm³/mol. The molecule has 0 radical (unpaired) electrons. The van der Waals surface area contributed by atoms with Gasteiger partial charge >= 0.3 is 0 Å². The molecule has 1 aliphatic rings. The van der Waals surface area contributed by atoms with Crippen LogP contribution in [0, 0.1) is 12.8 Å². The molecule has 0 amide bonds. The van der Waals surface area contributed by atoms with E-state index >= 15 is 0 Å². The zero-order chi connectivity index (χ0) is 18.9. The standard InChI is InChI=1S/C20H29N5O2.HI/c1-3-21-20(23-12-18-6-8-24-25-18)22-11-17-5-4-15(2)10-19(17)27-14-16-7-9-26-13-16;/h4-6,8,10,16H,3,7,9,11-14H2,1-2H3,(H,24,25)(H2,21,22,23);1H. The third kappa shape index (κ3) is 6.97. The number of nitrogens with one attached hydrogen (secondary N) is 3. The van der Waals surface area contributed by atoms with Crippen LogP contribution in [0.15, 0.2) is 35.5 Å².